The maximum Gasteiger partial charge on any atom is 0.237 e. The molecule has 1 aromatic heterocycles. The lowest BCUT2D eigenvalue weighted by Gasteiger charge is -2.30. The van der Waals surface area contributed by atoms with Crippen molar-refractivity contribution in [1.29, 1.82) is 0 Å². The number of piperidine rings is 1. The van der Waals surface area contributed by atoms with Gasteiger partial charge < -0.3 is 15.5 Å². The number of benzene rings is 2. The van der Waals surface area contributed by atoms with E-state index >= 15 is 4.39 Å². The van der Waals surface area contributed by atoms with E-state index in [1.807, 2.05) is 19.9 Å². The Labute approximate surface area is 235 Å². The van der Waals surface area contributed by atoms with Gasteiger partial charge in [0.1, 0.15) is 11.6 Å². The van der Waals surface area contributed by atoms with Crippen LogP contribution in [0.5, 0.6) is 0 Å². The van der Waals surface area contributed by atoms with Gasteiger partial charge in [-0.1, -0.05) is 11.6 Å². The van der Waals surface area contributed by atoms with Crippen LogP contribution in [0.25, 0.3) is 0 Å². The molecular weight excluding hydrogens is 539 g/mol. The normalized spacial score (nSPS) is 15.3. The minimum Gasteiger partial charge on any atom is -0.340 e. The molecule has 0 aliphatic carbocycles. The molecule has 0 saturated carbocycles. The number of hydrogen-bond donors (Lipinski definition) is 3. The zero-order chi connectivity index (χ0) is 28.5. The molecule has 210 valence electrons. The molecule has 2 heterocycles. The zero-order valence-corrected chi connectivity index (χ0v) is 24.8. The van der Waals surface area contributed by atoms with E-state index in [1.54, 1.807) is 51.2 Å². The van der Waals surface area contributed by atoms with Crippen LogP contribution in [0.4, 0.5) is 33.2 Å². The van der Waals surface area contributed by atoms with Crippen LogP contribution in [0.1, 0.15) is 56.2 Å². The predicted octanol–water partition coefficient (Wildman–Crippen LogP) is 6.72. The minimum atomic E-state index is -3.67. The molecule has 2 aromatic carbocycles. The van der Waals surface area contributed by atoms with Crippen molar-refractivity contribution in [3.63, 3.8) is 0 Å². The lowest BCUT2D eigenvalue weighted by molar-refractivity contribution is 0.255. The van der Waals surface area contributed by atoms with Crippen LogP contribution in [0.15, 0.2) is 36.5 Å². The fraction of sp³-hybridized carbons (Fsp3) is 0.429. The Hall–Kier alpha value is -2.95. The molecule has 3 N–H and O–H groups in total. The van der Waals surface area contributed by atoms with Crippen molar-refractivity contribution in [1.82, 2.24) is 14.9 Å². The Kier molecular flexibility index (Phi) is 8.39. The summed E-state index contributed by atoms with van der Waals surface area (Å²) >= 11 is 6.27. The number of hydrogen-bond acceptors (Lipinski definition) is 7. The quantitative estimate of drug-likeness (QED) is 0.288. The number of sulfonamides is 1. The summed E-state index contributed by atoms with van der Waals surface area (Å²) in [7, 11) is -1.56. The fourth-order valence-corrected chi connectivity index (χ4v) is 5.40. The predicted molar refractivity (Wildman–Crippen MR) is 158 cm³/mol. The van der Waals surface area contributed by atoms with Crippen molar-refractivity contribution in [2.45, 2.75) is 58.1 Å². The van der Waals surface area contributed by atoms with Gasteiger partial charge in [0.25, 0.3) is 0 Å². The van der Waals surface area contributed by atoms with E-state index in [-0.39, 0.29) is 22.5 Å². The second-order valence-electron chi connectivity index (χ2n) is 11.2. The first-order valence-electron chi connectivity index (χ1n) is 12.9. The molecule has 11 heteroatoms. The third-order valence-electron chi connectivity index (χ3n) is 7.01. The molecule has 4 rings (SSSR count). The summed E-state index contributed by atoms with van der Waals surface area (Å²) in [6.07, 6.45) is 3.67. The van der Waals surface area contributed by atoms with Crippen LogP contribution < -0.4 is 15.4 Å². The van der Waals surface area contributed by atoms with E-state index < -0.39 is 14.8 Å². The van der Waals surface area contributed by atoms with Gasteiger partial charge in [0.05, 0.1) is 21.1 Å². The highest BCUT2D eigenvalue weighted by atomic mass is 35.5. The molecule has 0 atom stereocenters. The number of anilines is 5. The Bertz CT molecular complexity index is 1470. The third-order valence-corrected chi connectivity index (χ3v) is 9.44. The van der Waals surface area contributed by atoms with Gasteiger partial charge in [-0.25, -0.2) is 17.8 Å². The van der Waals surface area contributed by atoms with Crippen molar-refractivity contribution in [2.24, 2.45) is 0 Å². The van der Waals surface area contributed by atoms with E-state index in [9.17, 15) is 8.42 Å². The molecule has 8 nitrogen and oxygen atoms in total. The summed E-state index contributed by atoms with van der Waals surface area (Å²) in [5, 5.41) is 6.47. The maximum atomic E-state index is 15.2. The average Bonchev–Trinajstić information content (AvgIpc) is 2.85. The summed E-state index contributed by atoms with van der Waals surface area (Å²) in [6.45, 7) is 10.7. The SMILES string of the molecule is Cc1cc(Nc2ncc(C)c(Nc3ccc(Cl)c(NS(=O)(=O)C(C)(C)C)c3)n2)c(F)cc1C1CCN(C)CC1. The Balaban J connectivity index is 1.54. The smallest absolute Gasteiger partial charge is 0.237 e. The molecule has 1 aliphatic rings. The lowest BCUT2D eigenvalue weighted by atomic mass is 9.86. The Morgan fingerprint density at radius 2 is 1.72 bits per heavy atom. The van der Waals surface area contributed by atoms with E-state index in [0.29, 0.717) is 23.1 Å². The van der Waals surface area contributed by atoms with E-state index in [4.69, 9.17) is 11.6 Å². The van der Waals surface area contributed by atoms with Crippen molar-refractivity contribution >= 4 is 50.5 Å². The molecule has 0 spiro atoms. The molecule has 3 aromatic rings. The van der Waals surface area contributed by atoms with Gasteiger partial charge in [-0.2, -0.15) is 4.98 Å². The maximum absolute atomic E-state index is 15.2. The van der Waals surface area contributed by atoms with Crippen LogP contribution in [-0.2, 0) is 10.0 Å². The molecular formula is C28H36ClFN6O2S. The first kappa shape index (κ1) is 29.0. The number of nitrogens with zero attached hydrogens (tertiary/aromatic N) is 3. The summed E-state index contributed by atoms with van der Waals surface area (Å²) in [4.78, 5) is 11.2. The number of aromatic nitrogens is 2. The zero-order valence-electron chi connectivity index (χ0n) is 23.2. The van der Waals surface area contributed by atoms with Crippen LogP contribution in [0.3, 0.4) is 0 Å². The average molecular weight is 575 g/mol. The first-order chi connectivity index (χ1) is 18.2. The summed E-state index contributed by atoms with van der Waals surface area (Å²) in [5.41, 5.74) is 3.97. The van der Waals surface area contributed by atoms with Crippen molar-refractivity contribution in [3.8, 4) is 0 Å². The largest absolute Gasteiger partial charge is 0.340 e. The van der Waals surface area contributed by atoms with Gasteiger partial charge >= 0.3 is 0 Å². The van der Waals surface area contributed by atoms with Gasteiger partial charge in [0.15, 0.2) is 0 Å². The minimum absolute atomic E-state index is 0.232. The van der Waals surface area contributed by atoms with Gasteiger partial charge in [-0.3, -0.25) is 4.72 Å². The molecule has 1 aliphatic heterocycles. The molecule has 0 radical (unpaired) electrons. The standard InChI is InChI=1S/C28H36ClFN6O2S/c1-17-13-25(23(30)15-21(17)19-9-11-36(6)12-10-19)33-27-31-16-18(2)26(34-27)32-20-7-8-22(29)24(14-20)35-39(37,38)28(3,4)5/h7-8,13-16,19,35H,9-12H2,1-6H3,(H2,31,32,33,34). The second kappa shape index (κ2) is 11.3. The Morgan fingerprint density at radius 3 is 2.38 bits per heavy atom. The number of rotatable bonds is 7. The summed E-state index contributed by atoms with van der Waals surface area (Å²) < 4.78 is 42.0. The fourth-order valence-electron chi connectivity index (χ4n) is 4.42. The second-order valence-corrected chi connectivity index (χ2v) is 14.0. The van der Waals surface area contributed by atoms with Crippen molar-refractivity contribution in [2.75, 3.05) is 35.5 Å². The highest BCUT2D eigenvalue weighted by Gasteiger charge is 2.29. The summed E-state index contributed by atoms with van der Waals surface area (Å²) in [5.74, 6) is 0.727. The molecule has 39 heavy (non-hydrogen) atoms. The van der Waals surface area contributed by atoms with Gasteiger partial charge in [-0.15, -0.1) is 0 Å². The topological polar surface area (TPSA) is 99.2 Å². The Morgan fingerprint density at radius 1 is 1.03 bits per heavy atom. The number of nitrogens with one attached hydrogen (secondary N) is 3. The van der Waals surface area contributed by atoms with Gasteiger partial charge in [0, 0.05) is 17.4 Å². The number of halogens is 2. The highest BCUT2D eigenvalue weighted by Crippen LogP contribution is 2.34. The van der Waals surface area contributed by atoms with Crippen LogP contribution in [-0.4, -0.2) is 48.2 Å². The van der Waals surface area contributed by atoms with Crippen molar-refractivity contribution < 1.29 is 12.8 Å². The third kappa shape index (κ3) is 6.80. The van der Waals surface area contributed by atoms with E-state index in [0.717, 1.165) is 42.6 Å². The van der Waals surface area contributed by atoms with Crippen LogP contribution in [0, 0.1) is 19.7 Å². The molecule has 1 saturated heterocycles. The van der Waals surface area contributed by atoms with E-state index in [2.05, 4.69) is 37.3 Å². The van der Waals surface area contributed by atoms with Gasteiger partial charge in [-0.05, 0) is 115 Å². The lowest BCUT2D eigenvalue weighted by Crippen LogP contribution is -2.33. The number of aryl methyl sites for hydroxylation is 2. The molecule has 0 bridgehead atoms. The molecule has 1 fully saturated rings. The monoisotopic (exact) mass is 574 g/mol. The van der Waals surface area contributed by atoms with Crippen molar-refractivity contribution in [3.05, 3.63) is 64.1 Å². The van der Waals surface area contributed by atoms with Gasteiger partial charge in [0.2, 0.25) is 16.0 Å². The van der Waals surface area contributed by atoms with E-state index in [1.165, 1.54) is 0 Å². The highest BCUT2D eigenvalue weighted by molar-refractivity contribution is 7.94. The first-order valence-corrected chi connectivity index (χ1v) is 14.8. The number of likely N-dealkylation sites (tertiary alicyclic amines) is 1. The molecule has 0 amide bonds. The van der Waals surface area contributed by atoms with Crippen LogP contribution >= 0.6 is 11.6 Å². The van der Waals surface area contributed by atoms with Crippen LogP contribution in [0.2, 0.25) is 5.02 Å². The summed E-state index contributed by atoms with van der Waals surface area (Å²) in [6, 6.07) is 8.37. The molecule has 0 unspecified atom stereocenters.